The van der Waals surface area contributed by atoms with Crippen LogP contribution in [-0.4, -0.2) is 49.6 Å². The van der Waals surface area contributed by atoms with Crippen LogP contribution in [0.2, 0.25) is 0 Å². The lowest BCUT2D eigenvalue weighted by molar-refractivity contribution is 0.0911. The van der Waals surface area contributed by atoms with Gasteiger partial charge in [-0.2, -0.15) is 5.10 Å². The van der Waals surface area contributed by atoms with Gasteiger partial charge in [-0.25, -0.2) is 4.39 Å². The van der Waals surface area contributed by atoms with Gasteiger partial charge in [0.1, 0.15) is 6.17 Å². The van der Waals surface area contributed by atoms with Gasteiger partial charge >= 0.3 is 0 Å². The highest BCUT2D eigenvalue weighted by atomic mass is 19.1. The lowest BCUT2D eigenvalue weighted by Gasteiger charge is -2.33. The Bertz CT molecular complexity index is 221. The molecule has 0 spiro atoms. The van der Waals surface area contributed by atoms with E-state index in [2.05, 4.69) is 10.4 Å². The molecule has 80 valence electrons. The van der Waals surface area contributed by atoms with Crippen LogP contribution in [0.15, 0.2) is 5.10 Å². The molecule has 0 aromatic carbocycles. The third-order valence-corrected chi connectivity index (χ3v) is 2.91. The summed E-state index contributed by atoms with van der Waals surface area (Å²) in [5.74, 6) is 0.303. The number of hydrazone groups is 1. The third kappa shape index (κ3) is 1.88. The highest BCUT2D eigenvalue weighted by Gasteiger charge is 2.32. The van der Waals surface area contributed by atoms with Crippen molar-refractivity contribution in [2.24, 2.45) is 16.8 Å². The SMILES string of the molecule is NCC1C=NN(C2CCNCC2F)C1. The van der Waals surface area contributed by atoms with Crippen molar-refractivity contribution in [2.75, 3.05) is 26.2 Å². The zero-order valence-electron chi connectivity index (χ0n) is 8.19. The third-order valence-electron chi connectivity index (χ3n) is 2.91. The van der Waals surface area contributed by atoms with E-state index in [9.17, 15) is 4.39 Å². The van der Waals surface area contributed by atoms with Crippen molar-refractivity contribution in [3.05, 3.63) is 0 Å². The Kier molecular flexibility index (Phi) is 2.98. The Labute approximate surface area is 83.3 Å². The van der Waals surface area contributed by atoms with E-state index in [1.165, 1.54) is 0 Å². The summed E-state index contributed by atoms with van der Waals surface area (Å²) in [5.41, 5.74) is 5.54. The van der Waals surface area contributed by atoms with E-state index in [1.54, 1.807) is 0 Å². The molecule has 2 aliphatic rings. The average Bonchev–Trinajstić information content (AvgIpc) is 2.67. The number of nitrogens with two attached hydrogens (primary N) is 1. The molecule has 4 nitrogen and oxygen atoms in total. The summed E-state index contributed by atoms with van der Waals surface area (Å²) in [7, 11) is 0. The Morgan fingerprint density at radius 3 is 3.14 bits per heavy atom. The summed E-state index contributed by atoms with van der Waals surface area (Å²) in [5, 5.41) is 9.12. The fourth-order valence-corrected chi connectivity index (χ4v) is 2.01. The van der Waals surface area contributed by atoms with Gasteiger partial charge in [0, 0.05) is 31.8 Å². The van der Waals surface area contributed by atoms with Gasteiger partial charge < -0.3 is 11.1 Å². The van der Waals surface area contributed by atoms with Crippen molar-refractivity contribution in [3.8, 4) is 0 Å². The van der Waals surface area contributed by atoms with Crippen LogP contribution < -0.4 is 11.1 Å². The van der Waals surface area contributed by atoms with Crippen LogP contribution in [0.1, 0.15) is 6.42 Å². The molecule has 0 aliphatic carbocycles. The number of piperidine rings is 1. The van der Waals surface area contributed by atoms with Crippen molar-refractivity contribution in [1.82, 2.24) is 10.3 Å². The second kappa shape index (κ2) is 4.23. The summed E-state index contributed by atoms with van der Waals surface area (Å²) in [4.78, 5) is 0. The van der Waals surface area contributed by atoms with Crippen LogP contribution in [0.4, 0.5) is 4.39 Å². The molecule has 0 amide bonds. The van der Waals surface area contributed by atoms with Gasteiger partial charge in [0.2, 0.25) is 0 Å². The summed E-state index contributed by atoms with van der Waals surface area (Å²) < 4.78 is 13.5. The quantitative estimate of drug-likeness (QED) is 0.635. The molecule has 2 aliphatic heterocycles. The second-order valence-electron chi connectivity index (χ2n) is 3.96. The van der Waals surface area contributed by atoms with Crippen molar-refractivity contribution in [1.29, 1.82) is 0 Å². The fourth-order valence-electron chi connectivity index (χ4n) is 2.01. The lowest BCUT2D eigenvalue weighted by Crippen LogP contribution is -2.49. The maximum absolute atomic E-state index is 13.5. The minimum Gasteiger partial charge on any atom is -0.330 e. The van der Waals surface area contributed by atoms with Crippen molar-refractivity contribution < 1.29 is 4.39 Å². The standard InChI is InChI=1S/C9H17FN4/c10-8-5-12-2-1-9(8)14-6-7(3-11)4-13-14/h4,7-9,12H,1-3,5-6,11H2. The zero-order chi connectivity index (χ0) is 9.97. The van der Waals surface area contributed by atoms with E-state index < -0.39 is 6.17 Å². The van der Waals surface area contributed by atoms with Gasteiger partial charge in [-0.3, -0.25) is 5.01 Å². The summed E-state index contributed by atoms with van der Waals surface area (Å²) in [6.45, 7) is 2.71. The predicted octanol–water partition coefficient (Wildman–Crippen LogP) is -0.437. The van der Waals surface area contributed by atoms with Crippen LogP contribution in [0.3, 0.4) is 0 Å². The lowest BCUT2D eigenvalue weighted by atomic mass is 10.0. The average molecular weight is 200 g/mol. The molecule has 3 N–H and O–H groups in total. The first-order chi connectivity index (χ1) is 6.81. The molecule has 3 atom stereocenters. The fraction of sp³-hybridized carbons (Fsp3) is 0.889. The summed E-state index contributed by atoms with van der Waals surface area (Å²) >= 11 is 0. The molecule has 0 bridgehead atoms. The molecular formula is C9H17FN4. The molecule has 2 heterocycles. The number of hydrogen-bond donors (Lipinski definition) is 2. The van der Waals surface area contributed by atoms with E-state index in [-0.39, 0.29) is 6.04 Å². The molecule has 0 aromatic rings. The van der Waals surface area contributed by atoms with Gasteiger partial charge in [-0.1, -0.05) is 0 Å². The van der Waals surface area contributed by atoms with Gasteiger partial charge in [-0.15, -0.1) is 0 Å². The second-order valence-corrected chi connectivity index (χ2v) is 3.96. The van der Waals surface area contributed by atoms with Crippen molar-refractivity contribution in [3.63, 3.8) is 0 Å². The van der Waals surface area contributed by atoms with Crippen LogP contribution in [-0.2, 0) is 0 Å². The molecule has 0 radical (unpaired) electrons. The Morgan fingerprint density at radius 1 is 1.64 bits per heavy atom. The molecule has 3 unspecified atom stereocenters. The number of nitrogens with zero attached hydrogens (tertiary/aromatic N) is 2. The van der Waals surface area contributed by atoms with Gasteiger partial charge in [0.25, 0.3) is 0 Å². The van der Waals surface area contributed by atoms with Crippen LogP contribution in [0.5, 0.6) is 0 Å². The van der Waals surface area contributed by atoms with Gasteiger partial charge in [0.15, 0.2) is 0 Å². The Balaban J connectivity index is 1.92. The maximum atomic E-state index is 13.5. The van der Waals surface area contributed by atoms with Gasteiger partial charge in [0.05, 0.1) is 6.04 Å². The largest absolute Gasteiger partial charge is 0.330 e. The normalized spacial score (nSPS) is 37.9. The van der Waals surface area contributed by atoms with E-state index in [0.29, 0.717) is 19.0 Å². The monoisotopic (exact) mass is 200 g/mol. The minimum absolute atomic E-state index is 0.0518. The number of alkyl halides is 1. The summed E-state index contributed by atoms with van der Waals surface area (Å²) in [6.07, 6.45) is 1.86. The first kappa shape index (κ1) is 9.86. The molecule has 1 saturated heterocycles. The highest BCUT2D eigenvalue weighted by molar-refractivity contribution is 5.62. The van der Waals surface area contributed by atoms with E-state index >= 15 is 0 Å². The number of halogens is 1. The molecular weight excluding hydrogens is 183 g/mol. The molecule has 0 saturated carbocycles. The van der Waals surface area contributed by atoms with Crippen molar-refractivity contribution in [2.45, 2.75) is 18.6 Å². The van der Waals surface area contributed by atoms with Crippen LogP contribution in [0.25, 0.3) is 0 Å². The molecule has 2 rings (SSSR count). The van der Waals surface area contributed by atoms with Crippen LogP contribution in [0, 0.1) is 5.92 Å². The molecule has 0 aromatic heterocycles. The minimum atomic E-state index is -0.808. The smallest absolute Gasteiger partial charge is 0.134 e. The number of nitrogens with one attached hydrogen (secondary N) is 1. The van der Waals surface area contributed by atoms with Crippen LogP contribution >= 0.6 is 0 Å². The van der Waals surface area contributed by atoms with E-state index in [4.69, 9.17) is 5.73 Å². The number of rotatable bonds is 2. The predicted molar refractivity (Wildman–Crippen MR) is 53.9 cm³/mol. The summed E-state index contributed by atoms with van der Waals surface area (Å²) in [6, 6.07) is -0.0518. The zero-order valence-corrected chi connectivity index (χ0v) is 8.19. The first-order valence-corrected chi connectivity index (χ1v) is 5.17. The maximum Gasteiger partial charge on any atom is 0.134 e. The van der Waals surface area contributed by atoms with E-state index in [0.717, 1.165) is 19.5 Å². The topological polar surface area (TPSA) is 53.6 Å². The first-order valence-electron chi connectivity index (χ1n) is 5.17. The molecule has 1 fully saturated rings. The Hall–Kier alpha value is -0.680. The molecule has 14 heavy (non-hydrogen) atoms. The molecule has 5 heteroatoms. The van der Waals surface area contributed by atoms with E-state index in [1.807, 2.05) is 11.2 Å². The van der Waals surface area contributed by atoms with Gasteiger partial charge in [-0.05, 0) is 13.0 Å². The van der Waals surface area contributed by atoms with Crippen molar-refractivity contribution >= 4 is 6.21 Å². The highest BCUT2D eigenvalue weighted by Crippen LogP contribution is 2.19. The number of hydrogen-bond acceptors (Lipinski definition) is 4. The Morgan fingerprint density at radius 2 is 2.50 bits per heavy atom.